The summed E-state index contributed by atoms with van der Waals surface area (Å²) < 4.78 is 0. The molecule has 0 heterocycles. The van der Waals surface area contributed by atoms with E-state index in [9.17, 15) is 0 Å². The van der Waals surface area contributed by atoms with Crippen molar-refractivity contribution < 1.29 is 0 Å². The zero-order valence-corrected chi connectivity index (χ0v) is 11.9. The van der Waals surface area contributed by atoms with Crippen LogP contribution < -0.4 is 5.32 Å². The Morgan fingerprint density at radius 2 is 1.71 bits per heavy atom. The molecule has 1 unspecified atom stereocenters. The summed E-state index contributed by atoms with van der Waals surface area (Å²) in [6.45, 7) is 2.10. The van der Waals surface area contributed by atoms with Gasteiger partial charge in [-0.25, -0.2) is 0 Å². The molecule has 3 aromatic rings. The molecule has 0 spiro atoms. The van der Waals surface area contributed by atoms with Crippen molar-refractivity contribution in [3.8, 4) is 6.07 Å². The zero-order chi connectivity index (χ0) is 14.7. The van der Waals surface area contributed by atoms with E-state index in [0.717, 1.165) is 11.3 Å². The van der Waals surface area contributed by atoms with E-state index in [2.05, 4.69) is 48.6 Å². The number of hydrogen-bond acceptors (Lipinski definition) is 2. The highest BCUT2D eigenvalue weighted by Crippen LogP contribution is 2.23. The minimum absolute atomic E-state index is 0.152. The molecule has 0 aliphatic rings. The Morgan fingerprint density at radius 1 is 0.905 bits per heavy atom. The Bertz CT molecular complexity index is 815. The number of fused-ring (bicyclic) bond motifs is 1. The van der Waals surface area contributed by atoms with Gasteiger partial charge in [-0.3, -0.25) is 0 Å². The van der Waals surface area contributed by atoms with Crippen molar-refractivity contribution in [2.75, 3.05) is 5.32 Å². The molecular weight excluding hydrogens is 256 g/mol. The van der Waals surface area contributed by atoms with Crippen LogP contribution in [0.3, 0.4) is 0 Å². The first-order valence-electron chi connectivity index (χ1n) is 7.02. The Hall–Kier alpha value is -2.79. The molecular formula is C19H16N2. The molecule has 0 aromatic heterocycles. The van der Waals surface area contributed by atoms with E-state index < -0.39 is 0 Å². The maximum Gasteiger partial charge on any atom is 0.0991 e. The number of anilines is 1. The van der Waals surface area contributed by atoms with E-state index >= 15 is 0 Å². The van der Waals surface area contributed by atoms with Crippen molar-refractivity contribution >= 4 is 16.5 Å². The summed E-state index contributed by atoms with van der Waals surface area (Å²) in [6, 6.07) is 24.7. The third kappa shape index (κ3) is 2.88. The molecule has 1 N–H and O–H groups in total. The highest BCUT2D eigenvalue weighted by Gasteiger charge is 2.06. The molecule has 0 aliphatic heterocycles. The molecule has 0 saturated heterocycles. The summed E-state index contributed by atoms with van der Waals surface area (Å²) in [5.74, 6) is 0. The topological polar surface area (TPSA) is 35.8 Å². The average Bonchev–Trinajstić information content (AvgIpc) is 2.54. The molecule has 21 heavy (non-hydrogen) atoms. The Labute approximate surface area is 124 Å². The normalized spacial score (nSPS) is 11.8. The second kappa shape index (κ2) is 5.68. The van der Waals surface area contributed by atoms with Gasteiger partial charge >= 0.3 is 0 Å². The minimum Gasteiger partial charge on any atom is -0.379 e. The number of nitrogens with one attached hydrogen (secondary N) is 1. The fraction of sp³-hybridized carbons (Fsp3) is 0.105. The highest BCUT2D eigenvalue weighted by molar-refractivity contribution is 5.85. The van der Waals surface area contributed by atoms with Crippen LogP contribution >= 0.6 is 0 Å². The van der Waals surface area contributed by atoms with Crippen molar-refractivity contribution in [1.82, 2.24) is 0 Å². The van der Waals surface area contributed by atoms with Crippen molar-refractivity contribution in [2.45, 2.75) is 13.0 Å². The molecule has 0 bridgehead atoms. The summed E-state index contributed by atoms with van der Waals surface area (Å²) in [7, 11) is 0. The second-order valence-electron chi connectivity index (χ2n) is 5.17. The molecule has 2 nitrogen and oxygen atoms in total. The minimum atomic E-state index is 0.152. The molecule has 0 amide bonds. The summed E-state index contributed by atoms with van der Waals surface area (Å²) in [6.07, 6.45) is 0. The molecule has 3 aromatic carbocycles. The van der Waals surface area contributed by atoms with Crippen LogP contribution in [-0.2, 0) is 0 Å². The van der Waals surface area contributed by atoms with Gasteiger partial charge in [0.2, 0.25) is 0 Å². The van der Waals surface area contributed by atoms with Crippen LogP contribution in [0.4, 0.5) is 5.69 Å². The van der Waals surface area contributed by atoms with Crippen LogP contribution in [0.15, 0.2) is 66.7 Å². The molecule has 1 atom stereocenters. The molecule has 0 radical (unpaired) electrons. The van der Waals surface area contributed by atoms with Gasteiger partial charge in [0.25, 0.3) is 0 Å². The number of hydrogen-bond donors (Lipinski definition) is 1. The zero-order valence-electron chi connectivity index (χ0n) is 11.9. The van der Waals surface area contributed by atoms with Crippen LogP contribution in [0, 0.1) is 11.3 Å². The van der Waals surface area contributed by atoms with Gasteiger partial charge in [-0.15, -0.1) is 0 Å². The predicted molar refractivity (Wildman–Crippen MR) is 87.1 cm³/mol. The van der Waals surface area contributed by atoms with E-state index in [-0.39, 0.29) is 6.04 Å². The maximum atomic E-state index is 8.98. The first-order valence-corrected chi connectivity index (χ1v) is 7.02. The van der Waals surface area contributed by atoms with Crippen LogP contribution in [0.2, 0.25) is 0 Å². The first-order chi connectivity index (χ1) is 10.3. The van der Waals surface area contributed by atoms with Crippen LogP contribution in [0.25, 0.3) is 10.8 Å². The molecule has 3 rings (SSSR count). The SMILES string of the molecule is CC(Nc1ccc2ccccc2c1)c1cccc(C#N)c1. The van der Waals surface area contributed by atoms with Gasteiger partial charge < -0.3 is 5.32 Å². The molecule has 0 saturated carbocycles. The maximum absolute atomic E-state index is 8.98. The first kappa shape index (κ1) is 13.2. The van der Waals surface area contributed by atoms with Crippen LogP contribution in [0.1, 0.15) is 24.1 Å². The van der Waals surface area contributed by atoms with Gasteiger partial charge in [0.05, 0.1) is 11.6 Å². The van der Waals surface area contributed by atoms with Gasteiger partial charge in [-0.2, -0.15) is 5.26 Å². The lowest BCUT2D eigenvalue weighted by molar-refractivity contribution is 0.884. The van der Waals surface area contributed by atoms with Crippen LogP contribution in [0.5, 0.6) is 0 Å². The number of nitrogens with zero attached hydrogens (tertiary/aromatic N) is 1. The van der Waals surface area contributed by atoms with E-state index in [0.29, 0.717) is 5.56 Å². The van der Waals surface area contributed by atoms with E-state index in [1.807, 2.05) is 36.4 Å². The third-order valence-corrected chi connectivity index (χ3v) is 3.65. The van der Waals surface area contributed by atoms with Gasteiger partial charge in [0, 0.05) is 11.7 Å². The monoisotopic (exact) mass is 272 g/mol. The Kier molecular flexibility index (Phi) is 3.57. The van der Waals surface area contributed by atoms with Gasteiger partial charge in [-0.05, 0) is 47.5 Å². The lowest BCUT2D eigenvalue weighted by Gasteiger charge is -2.16. The van der Waals surface area contributed by atoms with E-state index in [1.54, 1.807) is 0 Å². The number of nitriles is 1. The molecule has 102 valence electrons. The summed E-state index contributed by atoms with van der Waals surface area (Å²) >= 11 is 0. The second-order valence-corrected chi connectivity index (χ2v) is 5.17. The fourth-order valence-electron chi connectivity index (χ4n) is 2.49. The summed E-state index contributed by atoms with van der Waals surface area (Å²) in [5.41, 5.74) is 2.89. The van der Waals surface area contributed by atoms with Crippen molar-refractivity contribution in [3.63, 3.8) is 0 Å². The van der Waals surface area contributed by atoms with Crippen molar-refractivity contribution in [3.05, 3.63) is 77.9 Å². The molecule has 0 aliphatic carbocycles. The predicted octanol–water partition coefficient (Wildman–Crippen LogP) is 4.88. The Balaban J connectivity index is 1.85. The summed E-state index contributed by atoms with van der Waals surface area (Å²) in [4.78, 5) is 0. The van der Waals surface area contributed by atoms with Crippen LogP contribution in [-0.4, -0.2) is 0 Å². The lowest BCUT2D eigenvalue weighted by Crippen LogP contribution is -2.06. The quantitative estimate of drug-likeness (QED) is 0.737. The number of rotatable bonds is 3. The van der Waals surface area contributed by atoms with Gasteiger partial charge in [0.15, 0.2) is 0 Å². The van der Waals surface area contributed by atoms with Crippen molar-refractivity contribution in [1.29, 1.82) is 5.26 Å². The largest absolute Gasteiger partial charge is 0.379 e. The number of benzene rings is 3. The molecule has 0 fully saturated rings. The average molecular weight is 272 g/mol. The third-order valence-electron chi connectivity index (χ3n) is 3.65. The highest BCUT2D eigenvalue weighted by atomic mass is 14.9. The van der Waals surface area contributed by atoms with Gasteiger partial charge in [-0.1, -0.05) is 42.5 Å². The standard InChI is InChI=1S/C19H16N2/c1-14(17-8-4-5-15(11-17)13-20)21-19-10-9-16-6-2-3-7-18(16)12-19/h2-12,14,21H,1H3. The van der Waals surface area contributed by atoms with E-state index in [4.69, 9.17) is 5.26 Å². The fourth-order valence-corrected chi connectivity index (χ4v) is 2.49. The smallest absolute Gasteiger partial charge is 0.0991 e. The molecule has 2 heteroatoms. The Morgan fingerprint density at radius 3 is 2.52 bits per heavy atom. The summed E-state index contributed by atoms with van der Waals surface area (Å²) in [5, 5.41) is 14.9. The van der Waals surface area contributed by atoms with Gasteiger partial charge in [0.1, 0.15) is 0 Å². The van der Waals surface area contributed by atoms with E-state index in [1.165, 1.54) is 10.8 Å². The van der Waals surface area contributed by atoms with Crippen molar-refractivity contribution in [2.24, 2.45) is 0 Å². The lowest BCUT2D eigenvalue weighted by atomic mass is 10.0.